The van der Waals surface area contributed by atoms with Crippen LogP contribution >= 0.6 is 11.3 Å². The van der Waals surface area contributed by atoms with Crippen LogP contribution in [0.15, 0.2) is 46.0 Å². The molecule has 24 heavy (non-hydrogen) atoms. The van der Waals surface area contributed by atoms with Gasteiger partial charge in [-0.2, -0.15) is 0 Å². The number of carbonyl (C=O) groups excluding carboxylic acids is 1. The van der Waals surface area contributed by atoms with Crippen molar-refractivity contribution in [2.45, 2.75) is 10.1 Å². The first kappa shape index (κ1) is 17.1. The van der Waals surface area contributed by atoms with E-state index >= 15 is 0 Å². The van der Waals surface area contributed by atoms with Gasteiger partial charge in [-0.1, -0.05) is 30.3 Å². The summed E-state index contributed by atoms with van der Waals surface area (Å²) in [6.45, 7) is 1.64. The summed E-state index contributed by atoms with van der Waals surface area (Å²) in [4.78, 5) is 14.4. The standard InChI is InChI=1S/C16H19N3O3S2/c17-7-13-8-19(9-14(13)11-4-2-1-3-5-11)16(20)12-6-15(23-10-12)24(18,21)22/h1-6,10,13-14H,7-9,17H2,(H2,18,21,22)/t13-,14+/m1/s1. The second-order valence-electron chi connectivity index (χ2n) is 5.92. The Hall–Kier alpha value is -1.74. The van der Waals surface area contributed by atoms with Crippen molar-refractivity contribution in [3.63, 3.8) is 0 Å². The highest BCUT2D eigenvalue weighted by Crippen LogP contribution is 2.33. The van der Waals surface area contributed by atoms with Crippen LogP contribution in [0.1, 0.15) is 21.8 Å². The van der Waals surface area contributed by atoms with Crippen molar-refractivity contribution >= 4 is 27.3 Å². The lowest BCUT2D eigenvalue weighted by molar-refractivity contribution is 0.0787. The van der Waals surface area contributed by atoms with Crippen LogP contribution in [-0.2, 0) is 10.0 Å². The number of amides is 1. The van der Waals surface area contributed by atoms with E-state index in [0.717, 1.165) is 11.3 Å². The van der Waals surface area contributed by atoms with Crippen LogP contribution in [0.4, 0.5) is 0 Å². The highest BCUT2D eigenvalue weighted by Gasteiger charge is 2.36. The molecular formula is C16H19N3O3S2. The topological polar surface area (TPSA) is 106 Å². The van der Waals surface area contributed by atoms with Gasteiger partial charge in [-0.15, -0.1) is 11.3 Å². The van der Waals surface area contributed by atoms with Gasteiger partial charge in [-0.3, -0.25) is 4.79 Å². The Morgan fingerprint density at radius 1 is 1.25 bits per heavy atom. The average Bonchev–Trinajstić information content (AvgIpc) is 3.22. The number of rotatable bonds is 4. The number of hydrogen-bond donors (Lipinski definition) is 2. The first-order valence-electron chi connectivity index (χ1n) is 7.55. The van der Waals surface area contributed by atoms with Gasteiger partial charge in [-0.25, -0.2) is 13.6 Å². The molecule has 1 aliphatic heterocycles. The minimum atomic E-state index is -3.78. The molecule has 1 saturated heterocycles. The van der Waals surface area contributed by atoms with Gasteiger partial charge >= 0.3 is 0 Å². The molecule has 1 aromatic heterocycles. The van der Waals surface area contributed by atoms with E-state index in [9.17, 15) is 13.2 Å². The SMILES string of the molecule is NC[C@@H]1CN(C(=O)c2csc(S(N)(=O)=O)c2)C[C@H]1c1ccccc1. The summed E-state index contributed by atoms with van der Waals surface area (Å²) in [7, 11) is -3.78. The Kier molecular flexibility index (Phi) is 4.73. The quantitative estimate of drug-likeness (QED) is 0.849. The molecule has 0 bridgehead atoms. The second kappa shape index (κ2) is 6.64. The molecule has 0 aliphatic carbocycles. The molecule has 2 aromatic rings. The van der Waals surface area contributed by atoms with Crippen LogP contribution < -0.4 is 10.9 Å². The Balaban J connectivity index is 1.80. The van der Waals surface area contributed by atoms with Gasteiger partial charge < -0.3 is 10.6 Å². The summed E-state index contributed by atoms with van der Waals surface area (Å²) in [5, 5.41) is 6.64. The summed E-state index contributed by atoms with van der Waals surface area (Å²) in [5.74, 6) is 0.197. The molecule has 0 saturated carbocycles. The maximum atomic E-state index is 12.7. The fourth-order valence-corrected chi connectivity index (χ4v) is 4.69. The molecule has 128 valence electrons. The third kappa shape index (κ3) is 3.36. The van der Waals surface area contributed by atoms with Crippen LogP contribution in [0.3, 0.4) is 0 Å². The van der Waals surface area contributed by atoms with Crippen LogP contribution in [0.25, 0.3) is 0 Å². The molecule has 8 heteroatoms. The minimum Gasteiger partial charge on any atom is -0.338 e. The monoisotopic (exact) mass is 365 g/mol. The van der Waals surface area contributed by atoms with Crippen molar-refractivity contribution in [3.05, 3.63) is 52.9 Å². The summed E-state index contributed by atoms with van der Waals surface area (Å²) in [6, 6.07) is 11.3. The molecular weight excluding hydrogens is 346 g/mol. The van der Waals surface area contributed by atoms with E-state index in [1.54, 1.807) is 4.90 Å². The summed E-state index contributed by atoms with van der Waals surface area (Å²) < 4.78 is 22.7. The first-order chi connectivity index (χ1) is 11.4. The Morgan fingerprint density at radius 2 is 1.96 bits per heavy atom. The largest absolute Gasteiger partial charge is 0.338 e. The van der Waals surface area contributed by atoms with Gasteiger partial charge in [0.1, 0.15) is 4.21 Å². The maximum Gasteiger partial charge on any atom is 0.254 e. The molecule has 0 radical (unpaired) electrons. The molecule has 6 nitrogen and oxygen atoms in total. The van der Waals surface area contributed by atoms with E-state index in [1.807, 2.05) is 30.3 Å². The number of likely N-dealkylation sites (tertiary alicyclic amines) is 1. The second-order valence-corrected chi connectivity index (χ2v) is 8.62. The zero-order chi connectivity index (χ0) is 17.3. The smallest absolute Gasteiger partial charge is 0.254 e. The van der Waals surface area contributed by atoms with Crippen molar-refractivity contribution in [2.75, 3.05) is 19.6 Å². The zero-order valence-corrected chi connectivity index (χ0v) is 14.6. The molecule has 1 aromatic carbocycles. The van der Waals surface area contributed by atoms with Gasteiger partial charge in [0.05, 0.1) is 5.56 Å². The highest BCUT2D eigenvalue weighted by molar-refractivity contribution is 7.91. The first-order valence-corrected chi connectivity index (χ1v) is 9.98. The average molecular weight is 365 g/mol. The number of carbonyl (C=O) groups is 1. The highest BCUT2D eigenvalue weighted by atomic mass is 32.2. The van der Waals surface area contributed by atoms with Crippen LogP contribution in [-0.4, -0.2) is 38.9 Å². The van der Waals surface area contributed by atoms with Gasteiger partial charge in [0.25, 0.3) is 5.91 Å². The number of primary sulfonamides is 1. The Morgan fingerprint density at radius 3 is 2.54 bits per heavy atom. The number of hydrogen-bond acceptors (Lipinski definition) is 5. The number of nitrogens with zero attached hydrogens (tertiary/aromatic N) is 1. The maximum absolute atomic E-state index is 12.7. The molecule has 1 aliphatic rings. The number of sulfonamides is 1. The normalized spacial score (nSPS) is 21.2. The number of nitrogens with two attached hydrogens (primary N) is 2. The molecule has 0 unspecified atom stereocenters. The third-order valence-electron chi connectivity index (χ3n) is 4.36. The van der Waals surface area contributed by atoms with Crippen LogP contribution in [0, 0.1) is 5.92 Å². The van der Waals surface area contributed by atoms with E-state index in [0.29, 0.717) is 25.2 Å². The Bertz CT molecular complexity index is 833. The van der Waals surface area contributed by atoms with E-state index in [4.69, 9.17) is 10.9 Å². The van der Waals surface area contributed by atoms with Crippen molar-refractivity contribution in [1.82, 2.24) is 4.90 Å². The number of benzene rings is 1. The van der Waals surface area contributed by atoms with E-state index in [1.165, 1.54) is 17.0 Å². The van der Waals surface area contributed by atoms with E-state index in [2.05, 4.69) is 0 Å². The van der Waals surface area contributed by atoms with Gasteiger partial charge in [0.15, 0.2) is 0 Å². The lowest BCUT2D eigenvalue weighted by Crippen LogP contribution is -2.29. The van der Waals surface area contributed by atoms with E-state index < -0.39 is 10.0 Å². The molecule has 1 fully saturated rings. The predicted molar refractivity (Wildman–Crippen MR) is 93.3 cm³/mol. The molecule has 4 N–H and O–H groups in total. The number of thiophene rings is 1. The Labute approximate surface area is 145 Å². The van der Waals surface area contributed by atoms with E-state index in [-0.39, 0.29) is 22.0 Å². The minimum absolute atomic E-state index is 0.0000289. The third-order valence-corrected chi connectivity index (χ3v) is 6.75. The fraction of sp³-hybridized carbons (Fsp3) is 0.312. The van der Waals surface area contributed by atoms with Gasteiger partial charge in [0.2, 0.25) is 10.0 Å². The molecule has 2 atom stereocenters. The van der Waals surface area contributed by atoms with Gasteiger partial charge in [-0.05, 0) is 24.1 Å². The summed E-state index contributed by atoms with van der Waals surface area (Å²) in [5.41, 5.74) is 7.41. The zero-order valence-electron chi connectivity index (χ0n) is 13.0. The van der Waals surface area contributed by atoms with Crippen molar-refractivity contribution in [3.8, 4) is 0 Å². The predicted octanol–water partition coefficient (Wildman–Crippen LogP) is 1.21. The van der Waals surface area contributed by atoms with Crippen molar-refractivity contribution in [1.29, 1.82) is 0 Å². The molecule has 0 spiro atoms. The molecule has 3 rings (SSSR count). The van der Waals surface area contributed by atoms with Crippen LogP contribution in [0.2, 0.25) is 0 Å². The molecule has 1 amide bonds. The lowest BCUT2D eigenvalue weighted by atomic mass is 9.89. The summed E-state index contributed by atoms with van der Waals surface area (Å²) in [6.07, 6.45) is 0. The lowest BCUT2D eigenvalue weighted by Gasteiger charge is -2.16. The molecule has 2 heterocycles. The van der Waals surface area contributed by atoms with Crippen molar-refractivity contribution in [2.24, 2.45) is 16.8 Å². The fourth-order valence-electron chi connectivity index (χ4n) is 3.11. The van der Waals surface area contributed by atoms with Crippen molar-refractivity contribution < 1.29 is 13.2 Å². The van der Waals surface area contributed by atoms with Gasteiger partial charge in [0, 0.05) is 24.4 Å². The summed E-state index contributed by atoms with van der Waals surface area (Å²) >= 11 is 0.962. The van der Waals surface area contributed by atoms with Crippen LogP contribution in [0.5, 0.6) is 0 Å².